The number of benzene rings is 1. The second kappa shape index (κ2) is 10.1. The lowest BCUT2D eigenvalue weighted by Gasteiger charge is -2.21. The average molecular weight is 391 g/mol. The van der Waals surface area contributed by atoms with Crippen LogP contribution in [0.25, 0.3) is 0 Å². The van der Waals surface area contributed by atoms with Crippen LogP contribution in [-0.2, 0) is 19.1 Å². The van der Waals surface area contributed by atoms with E-state index in [1.165, 1.54) is 0 Å². The Hall–Kier alpha value is -2.61. The number of alkyl carbamates (subject to hydrolysis) is 1. The first-order chi connectivity index (χ1) is 13.2. The predicted octanol–water partition coefficient (Wildman–Crippen LogP) is 2.91. The SMILES string of the molecule is CC(C)(C)OC(=O)NCC(=O)Nc1ccc(NC(=O)CC2CCOCC2)cc1. The Morgan fingerprint density at radius 2 is 1.54 bits per heavy atom. The van der Waals surface area contributed by atoms with Crippen LogP contribution in [0.2, 0.25) is 0 Å². The van der Waals surface area contributed by atoms with Crippen molar-refractivity contribution in [3.8, 4) is 0 Å². The molecule has 0 aromatic heterocycles. The normalized spacial score (nSPS) is 14.8. The molecule has 8 nitrogen and oxygen atoms in total. The first kappa shape index (κ1) is 21.7. The molecule has 28 heavy (non-hydrogen) atoms. The van der Waals surface area contributed by atoms with Gasteiger partial charge in [-0.15, -0.1) is 0 Å². The van der Waals surface area contributed by atoms with Gasteiger partial charge in [0.15, 0.2) is 0 Å². The second-order valence-corrected chi connectivity index (χ2v) is 7.79. The van der Waals surface area contributed by atoms with Gasteiger partial charge in [0.1, 0.15) is 12.1 Å². The maximum Gasteiger partial charge on any atom is 0.408 e. The van der Waals surface area contributed by atoms with Gasteiger partial charge in [0.05, 0.1) is 0 Å². The molecule has 1 fully saturated rings. The van der Waals surface area contributed by atoms with E-state index in [2.05, 4.69) is 16.0 Å². The lowest BCUT2D eigenvalue weighted by molar-refractivity contribution is -0.118. The van der Waals surface area contributed by atoms with Crippen molar-refractivity contribution in [1.29, 1.82) is 0 Å². The molecule has 0 bridgehead atoms. The molecule has 1 aliphatic rings. The summed E-state index contributed by atoms with van der Waals surface area (Å²) >= 11 is 0. The molecule has 8 heteroatoms. The van der Waals surface area contributed by atoms with Crippen LogP contribution in [0.5, 0.6) is 0 Å². The first-order valence-corrected chi connectivity index (χ1v) is 9.45. The number of hydrogen-bond acceptors (Lipinski definition) is 5. The standard InChI is InChI=1S/C20H29N3O5/c1-20(2,3)28-19(26)21-13-18(25)23-16-6-4-15(5-7-16)22-17(24)12-14-8-10-27-11-9-14/h4-7,14H,8-13H2,1-3H3,(H,21,26)(H,22,24)(H,23,25). The monoisotopic (exact) mass is 391 g/mol. The van der Waals surface area contributed by atoms with E-state index in [1.807, 2.05) is 0 Å². The topological polar surface area (TPSA) is 106 Å². The molecule has 0 aliphatic carbocycles. The number of carbonyl (C=O) groups is 3. The summed E-state index contributed by atoms with van der Waals surface area (Å²) in [6, 6.07) is 6.82. The highest BCUT2D eigenvalue weighted by atomic mass is 16.6. The van der Waals surface area contributed by atoms with E-state index in [4.69, 9.17) is 9.47 Å². The second-order valence-electron chi connectivity index (χ2n) is 7.79. The molecule has 3 N–H and O–H groups in total. The summed E-state index contributed by atoms with van der Waals surface area (Å²) in [4.78, 5) is 35.6. The van der Waals surface area contributed by atoms with E-state index in [1.54, 1.807) is 45.0 Å². The number of nitrogens with one attached hydrogen (secondary N) is 3. The molecule has 1 aromatic carbocycles. The van der Waals surface area contributed by atoms with Crippen molar-refractivity contribution >= 4 is 29.3 Å². The van der Waals surface area contributed by atoms with Gasteiger partial charge in [-0.2, -0.15) is 0 Å². The molecule has 0 saturated carbocycles. The quantitative estimate of drug-likeness (QED) is 0.691. The molecular weight excluding hydrogens is 362 g/mol. The van der Waals surface area contributed by atoms with Crippen LogP contribution in [0.15, 0.2) is 24.3 Å². The van der Waals surface area contributed by atoms with Crippen LogP contribution >= 0.6 is 0 Å². The maximum absolute atomic E-state index is 12.1. The fraction of sp³-hybridized carbons (Fsp3) is 0.550. The Morgan fingerprint density at radius 1 is 1.00 bits per heavy atom. The zero-order chi connectivity index (χ0) is 20.6. The number of carbonyl (C=O) groups excluding carboxylic acids is 3. The van der Waals surface area contributed by atoms with Crippen molar-refractivity contribution in [3.63, 3.8) is 0 Å². The van der Waals surface area contributed by atoms with Crippen LogP contribution < -0.4 is 16.0 Å². The largest absolute Gasteiger partial charge is 0.444 e. The molecule has 1 heterocycles. The van der Waals surface area contributed by atoms with E-state index < -0.39 is 11.7 Å². The Morgan fingerprint density at radius 3 is 2.07 bits per heavy atom. The van der Waals surface area contributed by atoms with Crippen molar-refractivity contribution in [1.82, 2.24) is 5.32 Å². The minimum atomic E-state index is -0.648. The fourth-order valence-corrected chi connectivity index (χ4v) is 2.73. The molecule has 0 unspecified atom stereocenters. The number of hydrogen-bond donors (Lipinski definition) is 3. The van der Waals surface area contributed by atoms with E-state index in [0.29, 0.717) is 23.7 Å². The summed E-state index contributed by atoms with van der Waals surface area (Å²) in [5, 5.41) is 7.93. The minimum Gasteiger partial charge on any atom is -0.444 e. The van der Waals surface area contributed by atoms with Crippen molar-refractivity contribution in [3.05, 3.63) is 24.3 Å². The smallest absolute Gasteiger partial charge is 0.408 e. The Labute approximate surface area is 165 Å². The third-order valence-electron chi connectivity index (χ3n) is 4.06. The zero-order valence-electron chi connectivity index (χ0n) is 16.7. The van der Waals surface area contributed by atoms with Crippen molar-refractivity contribution in [2.24, 2.45) is 5.92 Å². The van der Waals surface area contributed by atoms with Crippen LogP contribution in [0.1, 0.15) is 40.0 Å². The summed E-state index contributed by atoms with van der Waals surface area (Å²) in [6.07, 6.45) is 1.66. The average Bonchev–Trinajstić information content (AvgIpc) is 2.61. The van der Waals surface area contributed by atoms with Gasteiger partial charge in [-0.05, 0) is 63.8 Å². The lowest BCUT2D eigenvalue weighted by atomic mass is 9.96. The molecule has 2 rings (SSSR count). The van der Waals surface area contributed by atoms with Crippen molar-refractivity contribution in [2.45, 2.75) is 45.6 Å². The number of amides is 3. The van der Waals surface area contributed by atoms with Gasteiger partial charge in [-0.3, -0.25) is 9.59 Å². The van der Waals surface area contributed by atoms with Gasteiger partial charge in [0.2, 0.25) is 11.8 Å². The van der Waals surface area contributed by atoms with Gasteiger partial charge >= 0.3 is 6.09 Å². The highest BCUT2D eigenvalue weighted by Crippen LogP contribution is 2.20. The Kier molecular flexibility index (Phi) is 7.80. The van der Waals surface area contributed by atoms with Crippen LogP contribution in [0.3, 0.4) is 0 Å². The van der Waals surface area contributed by atoms with E-state index in [9.17, 15) is 14.4 Å². The van der Waals surface area contributed by atoms with Crippen molar-refractivity contribution in [2.75, 3.05) is 30.4 Å². The molecule has 1 saturated heterocycles. The molecule has 0 spiro atoms. The number of anilines is 2. The summed E-state index contributed by atoms with van der Waals surface area (Å²) in [5.41, 5.74) is 0.617. The van der Waals surface area contributed by atoms with E-state index >= 15 is 0 Å². The molecule has 0 radical (unpaired) electrons. The molecule has 3 amide bonds. The summed E-state index contributed by atoms with van der Waals surface area (Å²) in [6.45, 7) is 6.48. The third kappa shape index (κ3) is 8.39. The van der Waals surface area contributed by atoms with Gasteiger partial charge in [-0.1, -0.05) is 0 Å². The van der Waals surface area contributed by atoms with E-state index in [-0.39, 0.29) is 18.4 Å². The first-order valence-electron chi connectivity index (χ1n) is 9.45. The summed E-state index contributed by atoms with van der Waals surface area (Å²) < 4.78 is 10.4. The van der Waals surface area contributed by atoms with Crippen LogP contribution in [-0.4, -0.2) is 43.3 Å². The molecule has 0 atom stereocenters. The Balaban J connectivity index is 1.73. The summed E-state index contributed by atoms with van der Waals surface area (Å²) in [7, 11) is 0. The maximum atomic E-state index is 12.1. The van der Waals surface area contributed by atoms with E-state index in [0.717, 1.165) is 26.1 Å². The van der Waals surface area contributed by atoms with Crippen molar-refractivity contribution < 1.29 is 23.9 Å². The molecule has 1 aliphatic heterocycles. The van der Waals surface area contributed by atoms with Gasteiger partial charge in [0.25, 0.3) is 0 Å². The highest BCUT2D eigenvalue weighted by molar-refractivity contribution is 5.94. The molecule has 154 valence electrons. The van der Waals surface area contributed by atoms with Gasteiger partial charge in [-0.25, -0.2) is 4.79 Å². The number of ether oxygens (including phenoxy) is 2. The Bertz CT molecular complexity index is 676. The molecule has 1 aromatic rings. The fourth-order valence-electron chi connectivity index (χ4n) is 2.73. The number of rotatable bonds is 6. The highest BCUT2D eigenvalue weighted by Gasteiger charge is 2.18. The summed E-state index contributed by atoms with van der Waals surface area (Å²) in [5.74, 6) is -0.0304. The van der Waals surface area contributed by atoms with Gasteiger partial charge < -0.3 is 25.4 Å². The zero-order valence-corrected chi connectivity index (χ0v) is 16.7. The third-order valence-corrected chi connectivity index (χ3v) is 4.06. The molecular formula is C20H29N3O5. The van der Waals surface area contributed by atoms with Crippen LogP contribution in [0, 0.1) is 5.92 Å². The van der Waals surface area contributed by atoms with Crippen LogP contribution in [0.4, 0.5) is 16.2 Å². The predicted molar refractivity (Wildman–Crippen MR) is 106 cm³/mol. The lowest BCUT2D eigenvalue weighted by Crippen LogP contribution is -2.37. The van der Waals surface area contributed by atoms with Gasteiger partial charge in [0, 0.05) is 31.0 Å². The minimum absolute atomic E-state index is 0.0229.